The van der Waals surface area contributed by atoms with E-state index >= 15 is 0 Å². The first-order valence-corrected chi connectivity index (χ1v) is 9.61. The maximum Gasteiger partial charge on any atom is 0.170 e. The molecule has 0 aromatic carbocycles. The zero-order chi connectivity index (χ0) is 17.8. The van der Waals surface area contributed by atoms with E-state index < -0.39 is 0 Å². The van der Waals surface area contributed by atoms with Crippen molar-refractivity contribution < 1.29 is 0 Å². The highest BCUT2D eigenvalue weighted by Gasteiger charge is 2.25. The third-order valence-electron chi connectivity index (χ3n) is 4.83. The fraction of sp³-hybridized carbons (Fsp3) is 0.333. The zero-order valence-corrected chi connectivity index (χ0v) is 15.7. The maximum absolute atomic E-state index is 4.89. The lowest BCUT2D eigenvalue weighted by Crippen LogP contribution is -2.07. The third-order valence-corrected chi connectivity index (χ3v) is 5.50. The standard InChI is InChI=1S/C18H19N7S/c1-10-14(11(2)24(3)23-10)16-21-17(20-12-4-5-12)15-18(22-16)25(9-19-15)13-6-7-26-8-13/h6-9,12H,4-5H2,1-3H3,(H,20,21,22). The molecule has 0 aliphatic heterocycles. The molecule has 1 aliphatic rings. The monoisotopic (exact) mass is 365 g/mol. The molecule has 0 saturated heterocycles. The van der Waals surface area contributed by atoms with Crippen molar-refractivity contribution >= 4 is 28.3 Å². The number of hydrogen-bond acceptors (Lipinski definition) is 6. The van der Waals surface area contributed by atoms with Gasteiger partial charge in [0, 0.05) is 24.2 Å². The Kier molecular flexibility index (Phi) is 3.36. The topological polar surface area (TPSA) is 73.5 Å². The van der Waals surface area contributed by atoms with Gasteiger partial charge in [-0.3, -0.25) is 9.25 Å². The summed E-state index contributed by atoms with van der Waals surface area (Å²) in [6.07, 6.45) is 4.18. The number of fused-ring (bicyclic) bond motifs is 1. The molecule has 132 valence electrons. The molecule has 1 fully saturated rings. The third kappa shape index (κ3) is 2.40. The lowest BCUT2D eigenvalue weighted by Gasteiger charge is -2.09. The predicted molar refractivity (Wildman–Crippen MR) is 103 cm³/mol. The number of hydrogen-bond donors (Lipinski definition) is 1. The van der Waals surface area contributed by atoms with E-state index in [9.17, 15) is 0 Å². The molecule has 8 heteroatoms. The fourth-order valence-electron chi connectivity index (χ4n) is 3.21. The highest BCUT2D eigenvalue weighted by atomic mass is 32.1. The highest BCUT2D eigenvalue weighted by molar-refractivity contribution is 7.08. The van der Waals surface area contributed by atoms with Crippen LogP contribution in [0, 0.1) is 13.8 Å². The van der Waals surface area contributed by atoms with Crippen molar-refractivity contribution in [2.24, 2.45) is 7.05 Å². The van der Waals surface area contributed by atoms with Crippen LogP contribution in [0.15, 0.2) is 23.2 Å². The quantitative estimate of drug-likeness (QED) is 0.599. The summed E-state index contributed by atoms with van der Waals surface area (Å²) in [5.74, 6) is 1.50. The van der Waals surface area contributed by atoms with Crippen LogP contribution in [0.4, 0.5) is 5.82 Å². The summed E-state index contributed by atoms with van der Waals surface area (Å²) in [5.41, 5.74) is 5.68. The Balaban J connectivity index is 1.77. The van der Waals surface area contributed by atoms with Gasteiger partial charge in [-0.25, -0.2) is 15.0 Å². The summed E-state index contributed by atoms with van der Waals surface area (Å²) in [7, 11) is 1.95. The van der Waals surface area contributed by atoms with E-state index in [-0.39, 0.29) is 0 Å². The molecule has 4 aromatic heterocycles. The lowest BCUT2D eigenvalue weighted by atomic mass is 10.2. The molecular formula is C18H19N7S. The van der Waals surface area contributed by atoms with Crippen LogP contribution < -0.4 is 5.32 Å². The van der Waals surface area contributed by atoms with Crippen molar-refractivity contribution in [3.63, 3.8) is 0 Å². The molecule has 1 N–H and O–H groups in total. The maximum atomic E-state index is 4.89. The second-order valence-corrected chi connectivity index (χ2v) is 7.53. The number of imidazole rings is 1. The molecule has 26 heavy (non-hydrogen) atoms. The van der Waals surface area contributed by atoms with E-state index in [0.717, 1.165) is 39.6 Å². The summed E-state index contributed by atoms with van der Waals surface area (Å²) in [5, 5.41) is 12.2. The highest BCUT2D eigenvalue weighted by Crippen LogP contribution is 2.32. The average Bonchev–Trinajstić information content (AvgIpc) is 3.02. The number of aromatic nitrogens is 6. The Morgan fingerprint density at radius 2 is 2.08 bits per heavy atom. The molecule has 0 amide bonds. The van der Waals surface area contributed by atoms with Gasteiger partial charge in [-0.05, 0) is 38.1 Å². The van der Waals surface area contributed by atoms with Gasteiger partial charge in [-0.2, -0.15) is 16.4 Å². The molecule has 4 heterocycles. The van der Waals surface area contributed by atoms with Crippen LogP contribution in [-0.2, 0) is 7.05 Å². The Hall–Kier alpha value is -2.74. The minimum absolute atomic E-state index is 0.489. The van der Waals surface area contributed by atoms with Crippen molar-refractivity contribution in [2.75, 3.05) is 5.32 Å². The van der Waals surface area contributed by atoms with Gasteiger partial charge in [0.15, 0.2) is 22.8 Å². The fourth-order valence-corrected chi connectivity index (χ4v) is 3.84. The van der Waals surface area contributed by atoms with Crippen LogP contribution in [0.2, 0.25) is 0 Å². The Morgan fingerprint density at radius 3 is 2.73 bits per heavy atom. The first-order valence-electron chi connectivity index (χ1n) is 8.66. The Bertz CT molecular complexity index is 1100. The minimum Gasteiger partial charge on any atom is -0.365 e. The van der Waals surface area contributed by atoms with Crippen molar-refractivity contribution in [1.82, 2.24) is 29.3 Å². The smallest absolute Gasteiger partial charge is 0.170 e. The van der Waals surface area contributed by atoms with Gasteiger partial charge >= 0.3 is 0 Å². The van der Waals surface area contributed by atoms with E-state index in [1.54, 1.807) is 11.3 Å². The second-order valence-electron chi connectivity index (χ2n) is 6.75. The summed E-state index contributed by atoms with van der Waals surface area (Å²) in [4.78, 5) is 14.3. The zero-order valence-electron chi connectivity index (χ0n) is 14.9. The number of thiophene rings is 1. The van der Waals surface area contributed by atoms with Gasteiger partial charge in [0.05, 0.1) is 16.9 Å². The van der Waals surface area contributed by atoms with Gasteiger partial charge in [-0.15, -0.1) is 0 Å². The molecule has 0 spiro atoms. The number of rotatable bonds is 4. The SMILES string of the molecule is Cc1nn(C)c(C)c1-c1nc(NC2CC2)c2ncn(-c3ccsc3)c2n1. The van der Waals surface area contributed by atoms with Crippen LogP contribution in [0.25, 0.3) is 28.2 Å². The van der Waals surface area contributed by atoms with Crippen molar-refractivity contribution in [3.05, 3.63) is 34.5 Å². The minimum atomic E-state index is 0.489. The van der Waals surface area contributed by atoms with Gasteiger partial charge in [0.1, 0.15) is 6.33 Å². The van der Waals surface area contributed by atoms with Crippen molar-refractivity contribution in [1.29, 1.82) is 0 Å². The Labute approximate surface area is 154 Å². The summed E-state index contributed by atoms with van der Waals surface area (Å²) in [6.45, 7) is 4.05. The van der Waals surface area contributed by atoms with Gasteiger partial charge < -0.3 is 5.32 Å². The van der Waals surface area contributed by atoms with E-state index in [4.69, 9.17) is 9.97 Å². The van der Waals surface area contributed by atoms with Gasteiger partial charge in [0.25, 0.3) is 0 Å². The van der Waals surface area contributed by atoms with Gasteiger partial charge in [0.2, 0.25) is 0 Å². The molecule has 0 radical (unpaired) electrons. The molecule has 0 unspecified atom stereocenters. The van der Waals surface area contributed by atoms with E-state index in [2.05, 4.69) is 32.2 Å². The van der Waals surface area contributed by atoms with E-state index in [1.165, 1.54) is 12.8 Å². The van der Waals surface area contributed by atoms with Crippen LogP contribution in [0.1, 0.15) is 24.2 Å². The number of aryl methyl sites for hydroxylation is 2. The van der Waals surface area contributed by atoms with Crippen molar-refractivity contribution in [2.45, 2.75) is 32.7 Å². The average molecular weight is 365 g/mol. The first kappa shape index (κ1) is 15.5. The van der Waals surface area contributed by atoms with E-state index in [0.29, 0.717) is 11.9 Å². The van der Waals surface area contributed by atoms with Crippen LogP contribution >= 0.6 is 11.3 Å². The van der Waals surface area contributed by atoms with E-state index in [1.807, 2.05) is 36.5 Å². The molecule has 5 rings (SSSR count). The molecule has 7 nitrogen and oxygen atoms in total. The number of nitrogens with zero attached hydrogens (tertiary/aromatic N) is 6. The normalized spacial score (nSPS) is 14.3. The first-order chi connectivity index (χ1) is 12.6. The van der Waals surface area contributed by atoms with Gasteiger partial charge in [-0.1, -0.05) is 0 Å². The van der Waals surface area contributed by atoms with Crippen LogP contribution in [-0.4, -0.2) is 35.3 Å². The molecule has 1 aliphatic carbocycles. The summed E-state index contributed by atoms with van der Waals surface area (Å²) >= 11 is 1.66. The van der Waals surface area contributed by atoms with Crippen LogP contribution in [0.3, 0.4) is 0 Å². The van der Waals surface area contributed by atoms with Crippen LogP contribution in [0.5, 0.6) is 0 Å². The Morgan fingerprint density at radius 1 is 1.23 bits per heavy atom. The molecule has 0 atom stereocenters. The lowest BCUT2D eigenvalue weighted by molar-refractivity contribution is 0.731. The predicted octanol–water partition coefficient (Wildman–Crippen LogP) is 3.47. The second kappa shape index (κ2) is 5.63. The summed E-state index contributed by atoms with van der Waals surface area (Å²) in [6, 6.07) is 2.56. The van der Waals surface area contributed by atoms with Crippen molar-refractivity contribution in [3.8, 4) is 17.1 Å². The molecule has 0 bridgehead atoms. The molecular weight excluding hydrogens is 346 g/mol. The number of anilines is 1. The molecule has 4 aromatic rings. The molecule has 1 saturated carbocycles. The largest absolute Gasteiger partial charge is 0.365 e. The summed E-state index contributed by atoms with van der Waals surface area (Å²) < 4.78 is 3.90. The number of nitrogens with one attached hydrogen (secondary N) is 1.